The Morgan fingerprint density at radius 3 is 2.48 bits per heavy atom. The standard InChI is InChI=1S/C20H22O5/c1-21-15-9-5-6-10-16(15)24-17-11-12-22-18-13-23-20(25-19(17)18)14-7-3-2-4-8-14/h2-10,17-20H,11-13H2,1H3/t17-,18-,19?,20-/m1/s1. The molecule has 2 aliphatic rings. The van der Waals surface area contributed by atoms with E-state index in [4.69, 9.17) is 23.7 Å². The van der Waals surface area contributed by atoms with Crippen molar-refractivity contribution in [2.24, 2.45) is 0 Å². The van der Waals surface area contributed by atoms with Gasteiger partial charge in [-0.1, -0.05) is 42.5 Å². The molecule has 0 amide bonds. The van der Waals surface area contributed by atoms with E-state index in [2.05, 4.69) is 0 Å². The molecule has 0 N–H and O–H groups in total. The molecule has 0 spiro atoms. The molecule has 2 aliphatic heterocycles. The van der Waals surface area contributed by atoms with Crippen LogP contribution in [0.25, 0.3) is 0 Å². The second-order valence-corrected chi connectivity index (χ2v) is 6.18. The van der Waals surface area contributed by atoms with Crippen molar-refractivity contribution in [3.05, 3.63) is 60.2 Å². The van der Waals surface area contributed by atoms with Crippen LogP contribution < -0.4 is 9.47 Å². The van der Waals surface area contributed by atoms with Crippen molar-refractivity contribution in [1.82, 2.24) is 0 Å². The highest BCUT2D eigenvalue weighted by molar-refractivity contribution is 5.39. The fourth-order valence-corrected chi connectivity index (χ4v) is 3.31. The van der Waals surface area contributed by atoms with E-state index in [1.54, 1.807) is 7.11 Å². The van der Waals surface area contributed by atoms with Crippen LogP contribution in [0.5, 0.6) is 11.5 Å². The molecule has 2 aromatic rings. The third-order valence-electron chi connectivity index (χ3n) is 4.58. The van der Waals surface area contributed by atoms with E-state index in [9.17, 15) is 0 Å². The fourth-order valence-electron chi connectivity index (χ4n) is 3.31. The third-order valence-corrected chi connectivity index (χ3v) is 4.58. The lowest BCUT2D eigenvalue weighted by Gasteiger charge is -2.43. The maximum absolute atomic E-state index is 6.25. The highest BCUT2D eigenvalue weighted by Crippen LogP contribution is 2.35. The SMILES string of the molecule is COc1ccccc1O[C@@H]1CCO[C@@H]2CO[C@@H](c3ccccc3)OC21. The predicted molar refractivity (Wildman–Crippen MR) is 91.8 cm³/mol. The summed E-state index contributed by atoms with van der Waals surface area (Å²) in [6, 6.07) is 17.6. The van der Waals surface area contributed by atoms with E-state index < -0.39 is 6.29 Å². The largest absolute Gasteiger partial charge is 0.493 e. The number of hydrogen-bond acceptors (Lipinski definition) is 5. The Hall–Kier alpha value is -2.08. The van der Waals surface area contributed by atoms with Crippen LogP contribution in [0.15, 0.2) is 54.6 Å². The maximum Gasteiger partial charge on any atom is 0.184 e. The Labute approximate surface area is 147 Å². The molecular weight excluding hydrogens is 320 g/mol. The zero-order chi connectivity index (χ0) is 17.1. The number of fused-ring (bicyclic) bond motifs is 1. The molecule has 5 nitrogen and oxygen atoms in total. The number of rotatable bonds is 4. The smallest absolute Gasteiger partial charge is 0.184 e. The van der Waals surface area contributed by atoms with E-state index in [1.807, 2.05) is 54.6 Å². The summed E-state index contributed by atoms with van der Waals surface area (Å²) in [7, 11) is 1.64. The van der Waals surface area contributed by atoms with Crippen LogP contribution in [-0.4, -0.2) is 38.6 Å². The van der Waals surface area contributed by atoms with Gasteiger partial charge in [-0.15, -0.1) is 0 Å². The predicted octanol–water partition coefficient (Wildman–Crippen LogP) is 3.35. The van der Waals surface area contributed by atoms with Gasteiger partial charge in [0.1, 0.15) is 18.3 Å². The highest BCUT2D eigenvalue weighted by Gasteiger charge is 2.42. The van der Waals surface area contributed by atoms with Gasteiger partial charge in [0, 0.05) is 12.0 Å². The van der Waals surface area contributed by atoms with Gasteiger partial charge in [0.05, 0.1) is 20.3 Å². The first-order valence-electron chi connectivity index (χ1n) is 8.58. The molecule has 25 heavy (non-hydrogen) atoms. The van der Waals surface area contributed by atoms with Crippen molar-refractivity contribution >= 4 is 0 Å². The van der Waals surface area contributed by atoms with Crippen molar-refractivity contribution in [1.29, 1.82) is 0 Å². The number of hydrogen-bond donors (Lipinski definition) is 0. The first-order valence-corrected chi connectivity index (χ1v) is 8.58. The molecule has 4 rings (SSSR count). The van der Waals surface area contributed by atoms with Crippen molar-refractivity contribution in [3.63, 3.8) is 0 Å². The van der Waals surface area contributed by atoms with Gasteiger partial charge in [-0.2, -0.15) is 0 Å². The molecular formula is C20H22O5. The summed E-state index contributed by atoms with van der Waals surface area (Å²) in [4.78, 5) is 0. The van der Waals surface area contributed by atoms with Crippen molar-refractivity contribution in [2.45, 2.75) is 31.0 Å². The maximum atomic E-state index is 6.25. The van der Waals surface area contributed by atoms with Crippen LogP contribution in [0.4, 0.5) is 0 Å². The molecule has 2 aromatic carbocycles. The molecule has 0 saturated carbocycles. The molecule has 4 atom stereocenters. The topological polar surface area (TPSA) is 46.2 Å². The van der Waals surface area contributed by atoms with E-state index >= 15 is 0 Å². The molecule has 2 fully saturated rings. The summed E-state index contributed by atoms with van der Waals surface area (Å²) < 4.78 is 29.5. The first kappa shape index (κ1) is 16.4. The minimum atomic E-state index is -0.395. The number of methoxy groups -OCH3 is 1. The monoisotopic (exact) mass is 342 g/mol. The molecule has 132 valence electrons. The van der Waals surface area contributed by atoms with E-state index in [-0.39, 0.29) is 18.3 Å². The van der Waals surface area contributed by atoms with E-state index in [1.165, 1.54) is 0 Å². The molecule has 0 radical (unpaired) electrons. The molecule has 2 saturated heterocycles. The molecule has 5 heteroatoms. The molecule has 2 heterocycles. The second kappa shape index (κ2) is 7.44. The normalized spacial score (nSPS) is 28.8. The van der Waals surface area contributed by atoms with Crippen LogP contribution in [0.3, 0.4) is 0 Å². The minimum absolute atomic E-state index is 0.106. The van der Waals surface area contributed by atoms with Gasteiger partial charge in [-0.3, -0.25) is 0 Å². The van der Waals surface area contributed by atoms with E-state index in [0.29, 0.717) is 13.2 Å². The van der Waals surface area contributed by atoms with Crippen LogP contribution >= 0.6 is 0 Å². The average molecular weight is 342 g/mol. The quantitative estimate of drug-likeness (QED) is 0.853. The third kappa shape index (κ3) is 3.49. The van der Waals surface area contributed by atoms with Gasteiger partial charge in [-0.25, -0.2) is 0 Å². The number of para-hydroxylation sites is 2. The van der Waals surface area contributed by atoms with Gasteiger partial charge in [0.2, 0.25) is 0 Å². The lowest BCUT2D eigenvalue weighted by molar-refractivity contribution is -0.295. The molecule has 1 unspecified atom stereocenters. The van der Waals surface area contributed by atoms with Crippen LogP contribution in [0, 0.1) is 0 Å². The van der Waals surface area contributed by atoms with Gasteiger partial charge < -0.3 is 23.7 Å². The van der Waals surface area contributed by atoms with Crippen LogP contribution in [0.2, 0.25) is 0 Å². The highest BCUT2D eigenvalue weighted by atomic mass is 16.7. The first-order chi connectivity index (χ1) is 12.3. The van der Waals surface area contributed by atoms with E-state index in [0.717, 1.165) is 23.5 Å². The molecule has 0 aliphatic carbocycles. The van der Waals surface area contributed by atoms with Crippen molar-refractivity contribution < 1.29 is 23.7 Å². The number of ether oxygens (including phenoxy) is 5. The van der Waals surface area contributed by atoms with Crippen molar-refractivity contribution in [2.75, 3.05) is 20.3 Å². The summed E-state index contributed by atoms with van der Waals surface area (Å²) in [6.45, 7) is 1.12. The Morgan fingerprint density at radius 2 is 1.68 bits per heavy atom. The Balaban J connectivity index is 1.52. The Morgan fingerprint density at radius 1 is 0.920 bits per heavy atom. The summed E-state index contributed by atoms with van der Waals surface area (Å²) in [6.07, 6.45) is -0.0371. The summed E-state index contributed by atoms with van der Waals surface area (Å²) >= 11 is 0. The zero-order valence-electron chi connectivity index (χ0n) is 14.2. The van der Waals surface area contributed by atoms with Gasteiger partial charge in [0.15, 0.2) is 17.8 Å². The molecule has 0 aromatic heterocycles. The van der Waals surface area contributed by atoms with Gasteiger partial charge >= 0.3 is 0 Å². The lowest BCUT2D eigenvalue weighted by Crippen LogP contribution is -2.54. The Bertz CT molecular complexity index is 689. The van der Waals surface area contributed by atoms with Gasteiger partial charge in [0.25, 0.3) is 0 Å². The molecule has 0 bridgehead atoms. The zero-order valence-corrected chi connectivity index (χ0v) is 14.2. The van der Waals surface area contributed by atoms with Crippen molar-refractivity contribution in [3.8, 4) is 11.5 Å². The van der Waals surface area contributed by atoms with Crippen LogP contribution in [-0.2, 0) is 14.2 Å². The summed E-state index contributed by atoms with van der Waals surface area (Å²) in [5, 5.41) is 0. The minimum Gasteiger partial charge on any atom is -0.493 e. The fraction of sp³-hybridized carbons (Fsp3) is 0.400. The number of benzene rings is 2. The summed E-state index contributed by atoms with van der Waals surface area (Å²) in [5.74, 6) is 1.44. The lowest BCUT2D eigenvalue weighted by atomic mass is 10.0. The average Bonchev–Trinajstić information content (AvgIpc) is 2.69. The summed E-state index contributed by atoms with van der Waals surface area (Å²) in [5.41, 5.74) is 1.00. The Kier molecular flexibility index (Phi) is 4.88. The second-order valence-electron chi connectivity index (χ2n) is 6.18. The van der Waals surface area contributed by atoms with Crippen LogP contribution in [0.1, 0.15) is 18.3 Å². The van der Waals surface area contributed by atoms with Gasteiger partial charge in [-0.05, 0) is 12.1 Å².